The first-order valence-corrected chi connectivity index (χ1v) is 8.09. The zero-order valence-electron chi connectivity index (χ0n) is 14.3. The number of morpholine rings is 1. The summed E-state index contributed by atoms with van der Waals surface area (Å²) >= 11 is 0. The summed E-state index contributed by atoms with van der Waals surface area (Å²) in [5.74, 6) is -0.199. The van der Waals surface area contributed by atoms with Crippen molar-refractivity contribution in [2.45, 2.75) is 26.4 Å². The van der Waals surface area contributed by atoms with Crippen molar-refractivity contribution in [2.75, 3.05) is 19.7 Å². The Labute approximate surface area is 141 Å². The van der Waals surface area contributed by atoms with E-state index in [-0.39, 0.29) is 17.8 Å². The minimum Gasteiger partial charge on any atom is -0.370 e. The fourth-order valence-corrected chi connectivity index (χ4v) is 3.09. The van der Waals surface area contributed by atoms with Gasteiger partial charge in [0.2, 0.25) is 5.91 Å². The summed E-state index contributed by atoms with van der Waals surface area (Å²) in [4.78, 5) is 14.5. The summed E-state index contributed by atoms with van der Waals surface area (Å²) in [6.45, 7) is 5.45. The molecule has 1 amide bonds. The second-order valence-electron chi connectivity index (χ2n) is 6.20. The highest BCUT2D eigenvalue weighted by Crippen LogP contribution is 2.23. The Hall–Kier alpha value is -2.21. The van der Waals surface area contributed by atoms with Gasteiger partial charge >= 0.3 is 0 Å². The molecule has 128 valence electrons. The van der Waals surface area contributed by atoms with Gasteiger partial charge in [-0.15, -0.1) is 0 Å². The van der Waals surface area contributed by atoms with Gasteiger partial charge in [-0.3, -0.25) is 9.48 Å². The number of carbonyl (C=O) groups excluding carboxylic acids is 1. The van der Waals surface area contributed by atoms with Crippen LogP contribution in [0.2, 0.25) is 0 Å². The third kappa shape index (κ3) is 3.33. The van der Waals surface area contributed by atoms with E-state index in [1.54, 1.807) is 16.8 Å². The van der Waals surface area contributed by atoms with Crippen LogP contribution in [0.15, 0.2) is 24.3 Å². The molecule has 0 radical (unpaired) electrons. The molecule has 1 aliphatic heterocycles. The smallest absolute Gasteiger partial charge is 0.227 e. The maximum absolute atomic E-state index is 13.1. The number of rotatable bonds is 3. The van der Waals surface area contributed by atoms with Gasteiger partial charge in [0.15, 0.2) is 0 Å². The van der Waals surface area contributed by atoms with Crippen LogP contribution in [0, 0.1) is 19.7 Å². The fourth-order valence-electron chi connectivity index (χ4n) is 3.09. The van der Waals surface area contributed by atoms with Crippen LogP contribution in [0.1, 0.15) is 28.6 Å². The maximum Gasteiger partial charge on any atom is 0.227 e. The fraction of sp³-hybridized carbons (Fsp3) is 0.444. The molecule has 0 aliphatic carbocycles. The lowest BCUT2D eigenvalue weighted by molar-refractivity contribution is -0.138. The van der Waals surface area contributed by atoms with Crippen molar-refractivity contribution in [3.63, 3.8) is 0 Å². The minimum absolute atomic E-state index is 0.0737. The molecule has 0 bridgehead atoms. The summed E-state index contributed by atoms with van der Waals surface area (Å²) in [5, 5.41) is 4.37. The van der Waals surface area contributed by atoms with Gasteiger partial charge in [0.1, 0.15) is 11.9 Å². The summed E-state index contributed by atoms with van der Waals surface area (Å²) in [5.41, 5.74) is 3.80. The summed E-state index contributed by atoms with van der Waals surface area (Å²) in [7, 11) is 1.88. The Morgan fingerprint density at radius 1 is 1.33 bits per heavy atom. The van der Waals surface area contributed by atoms with Gasteiger partial charge in [0.25, 0.3) is 0 Å². The van der Waals surface area contributed by atoms with E-state index in [9.17, 15) is 9.18 Å². The van der Waals surface area contributed by atoms with Crippen LogP contribution in [0.5, 0.6) is 0 Å². The quantitative estimate of drug-likeness (QED) is 0.867. The highest BCUT2D eigenvalue weighted by molar-refractivity contribution is 5.79. The van der Waals surface area contributed by atoms with E-state index >= 15 is 0 Å². The average molecular weight is 331 g/mol. The van der Waals surface area contributed by atoms with Crippen molar-refractivity contribution < 1.29 is 13.9 Å². The van der Waals surface area contributed by atoms with E-state index in [1.807, 2.05) is 25.8 Å². The number of benzene rings is 1. The predicted octanol–water partition coefficient (Wildman–Crippen LogP) is 2.32. The van der Waals surface area contributed by atoms with E-state index in [0.29, 0.717) is 26.1 Å². The van der Waals surface area contributed by atoms with Crippen molar-refractivity contribution in [3.8, 4) is 0 Å². The van der Waals surface area contributed by atoms with Gasteiger partial charge in [0, 0.05) is 24.8 Å². The molecule has 1 atom stereocenters. The van der Waals surface area contributed by atoms with Crippen LogP contribution in [-0.2, 0) is 23.0 Å². The van der Waals surface area contributed by atoms with Crippen molar-refractivity contribution in [2.24, 2.45) is 7.05 Å². The molecule has 0 saturated carbocycles. The number of halogens is 1. The second kappa shape index (κ2) is 6.73. The number of aryl methyl sites for hydroxylation is 2. The van der Waals surface area contributed by atoms with Gasteiger partial charge in [-0.1, -0.05) is 12.1 Å². The van der Waals surface area contributed by atoms with Gasteiger partial charge in [0.05, 0.1) is 25.3 Å². The van der Waals surface area contributed by atoms with Crippen LogP contribution < -0.4 is 0 Å². The number of hydrogen-bond donors (Lipinski definition) is 0. The molecule has 2 aromatic rings. The van der Waals surface area contributed by atoms with E-state index in [0.717, 1.165) is 22.5 Å². The topological polar surface area (TPSA) is 47.4 Å². The average Bonchev–Trinajstić information content (AvgIpc) is 2.82. The van der Waals surface area contributed by atoms with E-state index in [4.69, 9.17) is 4.74 Å². The number of amides is 1. The first-order valence-electron chi connectivity index (χ1n) is 8.09. The van der Waals surface area contributed by atoms with Crippen LogP contribution >= 0.6 is 0 Å². The first kappa shape index (κ1) is 16.6. The SMILES string of the molecule is Cc1nn(C)c(C)c1CC(=O)N1CCO[C@@H](c2ccc(F)cc2)C1. The van der Waals surface area contributed by atoms with E-state index < -0.39 is 0 Å². The van der Waals surface area contributed by atoms with Crippen LogP contribution in [0.25, 0.3) is 0 Å². The molecule has 1 aromatic heterocycles. The second-order valence-corrected chi connectivity index (χ2v) is 6.20. The molecule has 2 heterocycles. The Morgan fingerprint density at radius 2 is 2.04 bits per heavy atom. The third-order valence-electron chi connectivity index (χ3n) is 4.65. The molecular formula is C18H22FN3O2. The number of carbonyl (C=O) groups is 1. The Morgan fingerprint density at radius 3 is 2.67 bits per heavy atom. The molecule has 3 rings (SSSR count). The number of aromatic nitrogens is 2. The number of ether oxygens (including phenoxy) is 1. The van der Waals surface area contributed by atoms with Gasteiger partial charge < -0.3 is 9.64 Å². The normalized spacial score (nSPS) is 18.0. The third-order valence-corrected chi connectivity index (χ3v) is 4.65. The summed E-state index contributed by atoms with van der Waals surface area (Å²) in [6.07, 6.45) is 0.140. The van der Waals surface area contributed by atoms with Gasteiger partial charge in [-0.05, 0) is 31.5 Å². The van der Waals surface area contributed by atoms with Crippen LogP contribution in [0.3, 0.4) is 0 Å². The first-order chi connectivity index (χ1) is 11.5. The molecule has 0 spiro atoms. The standard InChI is InChI=1S/C18H22FN3O2/c1-12-16(13(2)21(3)20-12)10-18(23)22-8-9-24-17(11-22)14-4-6-15(19)7-5-14/h4-7,17H,8-11H2,1-3H3/t17-/m1/s1. The monoisotopic (exact) mass is 331 g/mol. The molecule has 6 heteroatoms. The molecule has 1 aliphatic rings. The Bertz CT molecular complexity index is 739. The zero-order chi connectivity index (χ0) is 17.3. The molecule has 0 N–H and O–H groups in total. The summed E-state index contributed by atoms with van der Waals surface area (Å²) in [6, 6.07) is 6.26. The van der Waals surface area contributed by atoms with E-state index in [2.05, 4.69) is 5.10 Å². The van der Waals surface area contributed by atoms with Crippen molar-refractivity contribution in [1.82, 2.24) is 14.7 Å². The molecule has 24 heavy (non-hydrogen) atoms. The van der Waals surface area contributed by atoms with E-state index in [1.165, 1.54) is 12.1 Å². The molecule has 0 unspecified atom stereocenters. The lowest BCUT2D eigenvalue weighted by Gasteiger charge is -2.33. The van der Waals surface area contributed by atoms with Crippen molar-refractivity contribution in [3.05, 3.63) is 52.6 Å². The molecule has 1 fully saturated rings. The Kier molecular flexibility index (Phi) is 4.66. The lowest BCUT2D eigenvalue weighted by atomic mass is 10.1. The summed E-state index contributed by atoms with van der Waals surface area (Å²) < 4.78 is 20.6. The van der Waals surface area contributed by atoms with Crippen LogP contribution in [-0.4, -0.2) is 40.3 Å². The van der Waals surface area contributed by atoms with Gasteiger partial charge in [-0.2, -0.15) is 5.10 Å². The van der Waals surface area contributed by atoms with Crippen LogP contribution in [0.4, 0.5) is 4.39 Å². The van der Waals surface area contributed by atoms with Crippen molar-refractivity contribution >= 4 is 5.91 Å². The molecule has 5 nitrogen and oxygen atoms in total. The molecule has 1 aromatic carbocycles. The highest BCUT2D eigenvalue weighted by Gasteiger charge is 2.26. The largest absolute Gasteiger partial charge is 0.370 e. The maximum atomic E-state index is 13.1. The number of hydrogen-bond acceptors (Lipinski definition) is 3. The van der Waals surface area contributed by atoms with Crippen molar-refractivity contribution in [1.29, 1.82) is 0 Å². The number of nitrogens with zero attached hydrogens (tertiary/aromatic N) is 3. The van der Waals surface area contributed by atoms with Gasteiger partial charge in [-0.25, -0.2) is 4.39 Å². The zero-order valence-corrected chi connectivity index (χ0v) is 14.3. The molecular weight excluding hydrogens is 309 g/mol. The Balaban J connectivity index is 1.70. The molecule has 1 saturated heterocycles. The minimum atomic E-state index is -0.273. The predicted molar refractivity (Wildman–Crippen MR) is 88.1 cm³/mol. The lowest BCUT2D eigenvalue weighted by Crippen LogP contribution is -2.43. The highest BCUT2D eigenvalue weighted by atomic mass is 19.1.